The Morgan fingerprint density at radius 3 is 3.17 bits per heavy atom. The number of nitrogens with one attached hydrogen (secondary N) is 1. The van der Waals surface area contributed by atoms with E-state index in [0.717, 1.165) is 44.6 Å². The van der Waals surface area contributed by atoms with Gasteiger partial charge in [-0.05, 0) is 49.9 Å². The molecule has 3 nitrogen and oxygen atoms in total. The molecule has 1 aromatic carbocycles. The fourth-order valence-electron chi connectivity index (χ4n) is 2.26. The number of hydrogen-bond acceptors (Lipinski definition) is 3. The second-order valence-electron chi connectivity index (χ2n) is 4.78. The molecule has 0 aromatic heterocycles. The van der Waals surface area contributed by atoms with Gasteiger partial charge in [0.15, 0.2) is 0 Å². The average Bonchev–Trinajstić information content (AvgIpc) is 2.89. The second-order valence-corrected chi connectivity index (χ2v) is 4.78. The number of rotatable bonds is 7. The molecule has 2 rings (SSSR count). The summed E-state index contributed by atoms with van der Waals surface area (Å²) in [5.41, 5.74) is 1.28. The van der Waals surface area contributed by atoms with E-state index >= 15 is 0 Å². The third kappa shape index (κ3) is 4.31. The third-order valence-electron chi connectivity index (χ3n) is 3.29. The summed E-state index contributed by atoms with van der Waals surface area (Å²) in [6.07, 6.45) is 2.44. The molecule has 0 aliphatic carbocycles. The van der Waals surface area contributed by atoms with Gasteiger partial charge in [0, 0.05) is 19.8 Å². The van der Waals surface area contributed by atoms with Crippen molar-refractivity contribution in [2.45, 2.75) is 26.3 Å². The molecular formula is C15H23NO2. The number of hydrogen-bond donors (Lipinski definition) is 1. The van der Waals surface area contributed by atoms with E-state index in [0.29, 0.717) is 0 Å². The van der Waals surface area contributed by atoms with Gasteiger partial charge in [0.2, 0.25) is 0 Å². The van der Waals surface area contributed by atoms with Gasteiger partial charge in [-0.15, -0.1) is 0 Å². The highest BCUT2D eigenvalue weighted by Gasteiger charge is 2.14. The van der Waals surface area contributed by atoms with E-state index < -0.39 is 0 Å². The van der Waals surface area contributed by atoms with Crippen LogP contribution in [0.25, 0.3) is 0 Å². The molecule has 0 spiro atoms. The van der Waals surface area contributed by atoms with Gasteiger partial charge in [-0.25, -0.2) is 0 Å². The van der Waals surface area contributed by atoms with Crippen LogP contribution < -0.4 is 10.1 Å². The summed E-state index contributed by atoms with van der Waals surface area (Å²) in [6.45, 7) is 6.59. The summed E-state index contributed by atoms with van der Waals surface area (Å²) in [5, 5.41) is 3.49. The van der Waals surface area contributed by atoms with E-state index in [1.165, 1.54) is 18.4 Å². The summed E-state index contributed by atoms with van der Waals surface area (Å²) >= 11 is 0. The maximum Gasteiger partial charge on any atom is 0.119 e. The minimum atomic E-state index is 0.721. The van der Waals surface area contributed by atoms with Crippen LogP contribution in [-0.2, 0) is 11.3 Å². The molecule has 0 amide bonds. The van der Waals surface area contributed by atoms with Crippen LogP contribution in [0.5, 0.6) is 5.75 Å². The van der Waals surface area contributed by atoms with Crippen LogP contribution in [0.4, 0.5) is 0 Å². The van der Waals surface area contributed by atoms with Crippen molar-refractivity contribution in [3.05, 3.63) is 29.8 Å². The summed E-state index contributed by atoms with van der Waals surface area (Å²) < 4.78 is 10.9. The zero-order valence-corrected chi connectivity index (χ0v) is 11.2. The number of ether oxygens (including phenoxy) is 2. The maximum atomic E-state index is 5.49. The molecule has 0 radical (unpaired) electrons. The fourth-order valence-corrected chi connectivity index (χ4v) is 2.26. The monoisotopic (exact) mass is 249 g/mol. The van der Waals surface area contributed by atoms with Gasteiger partial charge in [0.1, 0.15) is 5.75 Å². The summed E-state index contributed by atoms with van der Waals surface area (Å²) in [5.74, 6) is 1.72. The Morgan fingerprint density at radius 1 is 1.44 bits per heavy atom. The van der Waals surface area contributed by atoms with Gasteiger partial charge in [0.05, 0.1) is 6.61 Å². The van der Waals surface area contributed by atoms with E-state index in [4.69, 9.17) is 9.47 Å². The van der Waals surface area contributed by atoms with E-state index in [2.05, 4.69) is 17.4 Å². The SMILES string of the molecule is CCOc1cccc(CNCCC2CCOC2)c1. The van der Waals surface area contributed by atoms with Crippen molar-refractivity contribution in [2.75, 3.05) is 26.4 Å². The highest BCUT2D eigenvalue weighted by molar-refractivity contribution is 5.28. The molecule has 1 unspecified atom stereocenters. The lowest BCUT2D eigenvalue weighted by atomic mass is 10.1. The van der Waals surface area contributed by atoms with Gasteiger partial charge in [-0.3, -0.25) is 0 Å². The van der Waals surface area contributed by atoms with Crippen LogP contribution in [0.2, 0.25) is 0 Å². The molecule has 1 fully saturated rings. The van der Waals surface area contributed by atoms with Crippen molar-refractivity contribution in [2.24, 2.45) is 5.92 Å². The van der Waals surface area contributed by atoms with Gasteiger partial charge < -0.3 is 14.8 Å². The van der Waals surface area contributed by atoms with Crippen molar-refractivity contribution < 1.29 is 9.47 Å². The minimum absolute atomic E-state index is 0.721. The Labute approximate surface area is 109 Å². The molecule has 18 heavy (non-hydrogen) atoms. The van der Waals surface area contributed by atoms with Gasteiger partial charge in [-0.2, -0.15) is 0 Å². The molecule has 100 valence electrons. The quantitative estimate of drug-likeness (QED) is 0.753. The standard InChI is InChI=1S/C15H23NO2/c1-2-18-15-5-3-4-14(10-15)11-16-8-6-13-7-9-17-12-13/h3-5,10,13,16H,2,6-9,11-12H2,1H3. The summed E-state index contributed by atoms with van der Waals surface area (Å²) in [6, 6.07) is 8.29. The lowest BCUT2D eigenvalue weighted by molar-refractivity contribution is 0.184. The van der Waals surface area contributed by atoms with E-state index in [1.807, 2.05) is 19.1 Å². The normalized spacial score (nSPS) is 19.1. The van der Waals surface area contributed by atoms with Crippen LogP contribution in [0.15, 0.2) is 24.3 Å². The van der Waals surface area contributed by atoms with E-state index in [-0.39, 0.29) is 0 Å². The molecule has 1 aliphatic rings. The molecule has 1 N–H and O–H groups in total. The predicted octanol–water partition coefficient (Wildman–Crippen LogP) is 2.60. The second kappa shape index (κ2) is 7.39. The topological polar surface area (TPSA) is 30.5 Å². The summed E-state index contributed by atoms with van der Waals surface area (Å²) in [7, 11) is 0. The molecule has 1 atom stereocenters. The van der Waals surface area contributed by atoms with Crippen LogP contribution in [0, 0.1) is 5.92 Å². The first kappa shape index (κ1) is 13.4. The highest BCUT2D eigenvalue weighted by Crippen LogP contribution is 2.16. The predicted molar refractivity (Wildman–Crippen MR) is 72.9 cm³/mol. The van der Waals surface area contributed by atoms with Gasteiger partial charge >= 0.3 is 0 Å². The molecule has 1 aliphatic heterocycles. The van der Waals surface area contributed by atoms with Crippen molar-refractivity contribution >= 4 is 0 Å². The number of benzene rings is 1. The molecule has 3 heteroatoms. The Balaban J connectivity index is 1.67. The average molecular weight is 249 g/mol. The summed E-state index contributed by atoms with van der Waals surface area (Å²) in [4.78, 5) is 0. The van der Waals surface area contributed by atoms with E-state index in [9.17, 15) is 0 Å². The van der Waals surface area contributed by atoms with Crippen molar-refractivity contribution in [1.82, 2.24) is 5.32 Å². The minimum Gasteiger partial charge on any atom is -0.494 e. The molecule has 0 bridgehead atoms. The fraction of sp³-hybridized carbons (Fsp3) is 0.600. The molecule has 1 aromatic rings. The first-order valence-corrected chi connectivity index (χ1v) is 6.88. The van der Waals surface area contributed by atoms with Crippen molar-refractivity contribution in [3.8, 4) is 5.75 Å². The maximum absolute atomic E-state index is 5.49. The zero-order valence-electron chi connectivity index (χ0n) is 11.2. The smallest absolute Gasteiger partial charge is 0.119 e. The van der Waals surface area contributed by atoms with Crippen LogP contribution >= 0.6 is 0 Å². The lowest BCUT2D eigenvalue weighted by Crippen LogP contribution is -2.18. The van der Waals surface area contributed by atoms with Crippen LogP contribution in [0.3, 0.4) is 0 Å². The van der Waals surface area contributed by atoms with Crippen molar-refractivity contribution in [3.63, 3.8) is 0 Å². The van der Waals surface area contributed by atoms with Crippen molar-refractivity contribution in [1.29, 1.82) is 0 Å². The lowest BCUT2D eigenvalue weighted by Gasteiger charge is -2.09. The van der Waals surface area contributed by atoms with Gasteiger partial charge in [-0.1, -0.05) is 12.1 Å². The molecule has 1 heterocycles. The molecule has 1 saturated heterocycles. The largest absolute Gasteiger partial charge is 0.494 e. The Hall–Kier alpha value is -1.06. The third-order valence-corrected chi connectivity index (χ3v) is 3.29. The first-order valence-electron chi connectivity index (χ1n) is 6.88. The Bertz CT molecular complexity index is 348. The highest BCUT2D eigenvalue weighted by atomic mass is 16.5. The molecule has 0 saturated carbocycles. The van der Waals surface area contributed by atoms with Gasteiger partial charge in [0.25, 0.3) is 0 Å². The first-order chi connectivity index (χ1) is 8.88. The van der Waals surface area contributed by atoms with Crippen LogP contribution in [0.1, 0.15) is 25.3 Å². The Morgan fingerprint density at radius 2 is 2.39 bits per heavy atom. The van der Waals surface area contributed by atoms with E-state index in [1.54, 1.807) is 0 Å². The molecular weight excluding hydrogens is 226 g/mol. The zero-order chi connectivity index (χ0) is 12.6. The Kier molecular flexibility index (Phi) is 5.49. The van der Waals surface area contributed by atoms with Crippen LogP contribution in [-0.4, -0.2) is 26.4 Å².